The zero-order valence-electron chi connectivity index (χ0n) is 16.0. The maximum Gasteiger partial charge on any atom is 0.274 e. The summed E-state index contributed by atoms with van der Waals surface area (Å²) in [7, 11) is 1.89. The minimum absolute atomic E-state index is 0.136. The van der Waals surface area contributed by atoms with Crippen molar-refractivity contribution in [3.8, 4) is 0 Å². The van der Waals surface area contributed by atoms with Crippen molar-refractivity contribution in [2.75, 3.05) is 26.7 Å². The minimum atomic E-state index is -0.412. The molecular formula is C18H26N6O3. The van der Waals surface area contributed by atoms with E-state index in [1.807, 2.05) is 31.9 Å². The number of aromatic nitrogens is 3. The molecule has 0 radical (unpaired) electrons. The van der Waals surface area contributed by atoms with E-state index in [4.69, 9.17) is 4.52 Å². The van der Waals surface area contributed by atoms with Crippen molar-refractivity contribution >= 4 is 11.8 Å². The zero-order valence-corrected chi connectivity index (χ0v) is 16.0. The number of carbonyl (C=O) groups excluding carboxylic acids is 2. The van der Waals surface area contributed by atoms with Crippen LogP contribution in [0.4, 0.5) is 0 Å². The van der Waals surface area contributed by atoms with Crippen molar-refractivity contribution in [1.29, 1.82) is 0 Å². The van der Waals surface area contributed by atoms with Gasteiger partial charge in [0.1, 0.15) is 11.7 Å². The fourth-order valence-electron chi connectivity index (χ4n) is 3.05. The molecule has 1 atom stereocenters. The highest BCUT2D eigenvalue weighted by atomic mass is 16.5. The van der Waals surface area contributed by atoms with Crippen molar-refractivity contribution in [2.45, 2.75) is 39.4 Å². The maximum absolute atomic E-state index is 12.7. The van der Waals surface area contributed by atoms with Gasteiger partial charge in [0.05, 0.1) is 12.2 Å². The van der Waals surface area contributed by atoms with Crippen LogP contribution in [-0.2, 0) is 24.3 Å². The summed E-state index contributed by atoms with van der Waals surface area (Å²) in [6.07, 6.45) is 2.57. The fourth-order valence-corrected chi connectivity index (χ4v) is 3.05. The first-order chi connectivity index (χ1) is 13.0. The molecule has 2 aromatic rings. The number of hydrogen-bond donors (Lipinski definition) is 1. The third kappa shape index (κ3) is 4.36. The van der Waals surface area contributed by atoms with Gasteiger partial charge < -0.3 is 14.7 Å². The van der Waals surface area contributed by atoms with Crippen LogP contribution in [0.3, 0.4) is 0 Å². The Balaban J connectivity index is 1.60. The monoisotopic (exact) mass is 374 g/mol. The Hall–Kier alpha value is -2.68. The molecule has 27 heavy (non-hydrogen) atoms. The normalized spacial score (nSPS) is 17.9. The molecule has 9 heteroatoms. The summed E-state index contributed by atoms with van der Waals surface area (Å²) in [4.78, 5) is 29.0. The van der Waals surface area contributed by atoms with E-state index in [1.54, 1.807) is 21.8 Å². The minimum Gasteiger partial charge on any atom is -0.359 e. The zero-order chi connectivity index (χ0) is 19.4. The molecule has 0 unspecified atom stereocenters. The average Bonchev–Trinajstić information content (AvgIpc) is 3.35. The lowest BCUT2D eigenvalue weighted by Crippen LogP contribution is -2.58. The highest BCUT2D eigenvalue weighted by molar-refractivity contribution is 5.93. The first-order valence-electron chi connectivity index (χ1n) is 9.27. The predicted molar refractivity (Wildman–Crippen MR) is 98.0 cm³/mol. The van der Waals surface area contributed by atoms with E-state index < -0.39 is 6.04 Å². The smallest absolute Gasteiger partial charge is 0.274 e. The Morgan fingerprint density at radius 1 is 1.33 bits per heavy atom. The van der Waals surface area contributed by atoms with Gasteiger partial charge in [-0.15, -0.1) is 0 Å². The van der Waals surface area contributed by atoms with Gasteiger partial charge in [0.15, 0.2) is 5.76 Å². The molecule has 0 saturated carbocycles. The van der Waals surface area contributed by atoms with Crippen molar-refractivity contribution in [3.63, 3.8) is 0 Å². The second-order valence-corrected chi connectivity index (χ2v) is 6.66. The van der Waals surface area contributed by atoms with E-state index in [2.05, 4.69) is 15.6 Å². The molecule has 146 valence electrons. The van der Waals surface area contributed by atoms with Crippen LogP contribution in [0.1, 0.15) is 35.8 Å². The molecule has 3 heterocycles. The Labute approximate surface area is 158 Å². The second-order valence-electron chi connectivity index (χ2n) is 6.66. The van der Waals surface area contributed by atoms with Crippen LogP contribution < -0.4 is 5.32 Å². The van der Waals surface area contributed by atoms with Crippen LogP contribution in [0.15, 0.2) is 22.9 Å². The molecule has 0 aliphatic carbocycles. The van der Waals surface area contributed by atoms with E-state index in [9.17, 15) is 9.59 Å². The standard InChI is InChI=1S/C18H26N6O3/c1-4-13-10-14(27-21-13)11-19-17(25)16-12-23(9-8-22(16)3)18(26)15-6-7-24(5-2)20-15/h6-7,10,16H,4-5,8-9,11-12H2,1-3H3,(H,19,25)/t16-/m1/s1. The molecule has 2 amide bonds. The fraction of sp³-hybridized carbons (Fsp3) is 0.556. The maximum atomic E-state index is 12.7. The van der Waals surface area contributed by atoms with E-state index in [-0.39, 0.29) is 18.4 Å². The Morgan fingerprint density at radius 2 is 2.15 bits per heavy atom. The lowest BCUT2D eigenvalue weighted by molar-refractivity contribution is -0.127. The Kier molecular flexibility index (Phi) is 5.90. The molecule has 0 bridgehead atoms. The number of hydrogen-bond acceptors (Lipinski definition) is 6. The number of piperazine rings is 1. The number of nitrogens with one attached hydrogen (secondary N) is 1. The van der Waals surface area contributed by atoms with Gasteiger partial charge in [-0.05, 0) is 26.5 Å². The van der Waals surface area contributed by atoms with Gasteiger partial charge in [0.25, 0.3) is 5.91 Å². The van der Waals surface area contributed by atoms with Gasteiger partial charge in [-0.2, -0.15) is 5.10 Å². The number of amides is 2. The third-order valence-corrected chi connectivity index (χ3v) is 4.83. The van der Waals surface area contributed by atoms with Crippen LogP contribution in [-0.4, -0.2) is 69.3 Å². The molecule has 1 aliphatic heterocycles. The number of rotatable bonds is 6. The first kappa shape index (κ1) is 19.1. The number of carbonyl (C=O) groups is 2. The van der Waals surface area contributed by atoms with Gasteiger partial charge in [0, 0.05) is 38.4 Å². The summed E-state index contributed by atoms with van der Waals surface area (Å²) in [5.74, 6) is 0.344. The van der Waals surface area contributed by atoms with Crippen LogP contribution in [0.25, 0.3) is 0 Å². The Morgan fingerprint density at radius 3 is 2.81 bits per heavy atom. The van der Waals surface area contributed by atoms with Crippen LogP contribution >= 0.6 is 0 Å². The Bertz CT molecular complexity index is 799. The quantitative estimate of drug-likeness (QED) is 0.792. The first-order valence-corrected chi connectivity index (χ1v) is 9.27. The van der Waals surface area contributed by atoms with Gasteiger partial charge in [-0.1, -0.05) is 12.1 Å². The largest absolute Gasteiger partial charge is 0.359 e. The summed E-state index contributed by atoms with van der Waals surface area (Å²) in [5.41, 5.74) is 1.27. The summed E-state index contributed by atoms with van der Waals surface area (Å²) in [6, 6.07) is 3.14. The highest BCUT2D eigenvalue weighted by Gasteiger charge is 2.33. The van der Waals surface area contributed by atoms with E-state index >= 15 is 0 Å². The molecule has 1 aliphatic rings. The molecule has 9 nitrogen and oxygen atoms in total. The highest BCUT2D eigenvalue weighted by Crippen LogP contribution is 2.12. The van der Waals surface area contributed by atoms with Crippen molar-refractivity contribution in [3.05, 3.63) is 35.5 Å². The molecule has 3 rings (SSSR count). The average molecular weight is 374 g/mol. The third-order valence-electron chi connectivity index (χ3n) is 4.83. The van der Waals surface area contributed by atoms with Crippen molar-refractivity contribution < 1.29 is 14.1 Å². The number of aryl methyl sites for hydroxylation is 2. The molecule has 1 fully saturated rings. The van der Waals surface area contributed by atoms with Crippen LogP contribution in [0.2, 0.25) is 0 Å². The summed E-state index contributed by atoms with van der Waals surface area (Å²) < 4.78 is 6.91. The van der Waals surface area contributed by atoms with Crippen molar-refractivity contribution in [2.24, 2.45) is 0 Å². The molecule has 0 spiro atoms. The molecule has 0 aromatic carbocycles. The summed E-state index contributed by atoms with van der Waals surface area (Å²) in [5, 5.41) is 11.1. The summed E-state index contributed by atoms with van der Waals surface area (Å²) >= 11 is 0. The van der Waals surface area contributed by atoms with Gasteiger partial charge >= 0.3 is 0 Å². The van der Waals surface area contributed by atoms with Crippen LogP contribution in [0.5, 0.6) is 0 Å². The van der Waals surface area contributed by atoms with Crippen molar-refractivity contribution in [1.82, 2.24) is 30.1 Å². The predicted octanol–water partition coefficient (Wildman–Crippen LogP) is 0.526. The topological polar surface area (TPSA) is 96.5 Å². The summed E-state index contributed by atoms with van der Waals surface area (Å²) in [6.45, 7) is 6.48. The van der Waals surface area contributed by atoms with E-state index in [0.717, 1.165) is 12.1 Å². The molecule has 1 saturated heterocycles. The lowest BCUT2D eigenvalue weighted by atomic mass is 10.1. The molecule has 2 aromatic heterocycles. The second kappa shape index (κ2) is 8.34. The van der Waals surface area contributed by atoms with E-state index in [0.29, 0.717) is 37.6 Å². The molecule has 1 N–H and O–H groups in total. The number of likely N-dealkylation sites (N-methyl/N-ethyl adjacent to an activating group) is 1. The number of nitrogens with zero attached hydrogens (tertiary/aromatic N) is 5. The molecular weight excluding hydrogens is 348 g/mol. The lowest BCUT2D eigenvalue weighted by Gasteiger charge is -2.38. The van der Waals surface area contributed by atoms with Gasteiger partial charge in [-0.25, -0.2) is 0 Å². The van der Waals surface area contributed by atoms with Gasteiger partial charge in [0.2, 0.25) is 5.91 Å². The van der Waals surface area contributed by atoms with Gasteiger partial charge in [-0.3, -0.25) is 19.2 Å². The van der Waals surface area contributed by atoms with E-state index in [1.165, 1.54) is 0 Å². The SMILES string of the molecule is CCc1cc(CNC(=O)[C@H]2CN(C(=O)c3ccn(CC)n3)CCN2C)on1. The van der Waals surface area contributed by atoms with Crippen LogP contribution in [0, 0.1) is 0 Å².